The van der Waals surface area contributed by atoms with Gasteiger partial charge in [-0.2, -0.15) is 0 Å². The van der Waals surface area contributed by atoms with Crippen LogP contribution in [0.5, 0.6) is 0 Å². The highest BCUT2D eigenvalue weighted by atomic mass is 35.5. The number of carbonyl (C=O) groups is 1. The number of hydrogen-bond donors (Lipinski definition) is 4. The Bertz CT molecular complexity index is 1490. The molecule has 1 amide bonds. The van der Waals surface area contributed by atoms with E-state index in [-0.39, 0.29) is 18.0 Å². The fourth-order valence-corrected chi connectivity index (χ4v) is 5.06. The van der Waals surface area contributed by atoms with Gasteiger partial charge in [0.25, 0.3) is 5.56 Å². The van der Waals surface area contributed by atoms with Crippen LogP contribution in [0.25, 0.3) is 22.4 Å². The maximum atomic E-state index is 12.9. The Kier molecular flexibility index (Phi) is 7.16. The molecule has 4 aromatic rings. The molecule has 2 aromatic heterocycles. The number of nitrogens with one attached hydrogen (secondary N) is 3. The lowest BCUT2D eigenvalue weighted by Gasteiger charge is -2.35. The first-order chi connectivity index (χ1) is 17.9. The molecule has 1 saturated heterocycles. The molecule has 37 heavy (non-hydrogen) atoms. The molecule has 1 aliphatic rings. The number of nitrogens with two attached hydrogens (primary N) is 1. The van der Waals surface area contributed by atoms with Crippen LogP contribution in [0.15, 0.2) is 53.5 Å². The summed E-state index contributed by atoms with van der Waals surface area (Å²) in [5.41, 5.74) is 11.3. The van der Waals surface area contributed by atoms with Crippen LogP contribution < -0.4 is 21.5 Å². The maximum Gasteiger partial charge on any atom is 0.261 e. The second kappa shape index (κ2) is 10.7. The Hall–Kier alpha value is -3.82. The van der Waals surface area contributed by atoms with Gasteiger partial charge in [-0.25, -0.2) is 4.98 Å². The first-order valence-corrected chi connectivity index (χ1v) is 12.7. The minimum atomic E-state index is -0.301. The number of aryl methyl sites for hydroxylation is 1. The number of halogens is 1. The molecule has 192 valence electrons. The van der Waals surface area contributed by atoms with E-state index in [0.29, 0.717) is 28.6 Å². The van der Waals surface area contributed by atoms with Gasteiger partial charge >= 0.3 is 0 Å². The highest BCUT2D eigenvalue weighted by Gasteiger charge is 2.21. The summed E-state index contributed by atoms with van der Waals surface area (Å²) >= 11 is 6.10. The van der Waals surface area contributed by atoms with Gasteiger partial charge in [-0.3, -0.25) is 14.5 Å². The van der Waals surface area contributed by atoms with E-state index in [4.69, 9.17) is 22.3 Å². The lowest BCUT2D eigenvalue weighted by Crippen LogP contribution is -2.48. The van der Waals surface area contributed by atoms with E-state index in [9.17, 15) is 9.59 Å². The van der Waals surface area contributed by atoms with Gasteiger partial charge in [-0.05, 0) is 54.8 Å². The third-order valence-corrected chi connectivity index (χ3v) is 6.93. The van der Waals surface area contributed by atoms with Crippen LogP contribution in [0.2, 0.25) is 5.02 Å². The van der Waals surface area contributed by atoms with Crippen LogP contribution >= 0.6 is 11.6 Å². The molecule has 3 heterocycles. The summed E-state index contributed by atoms with van der Waals surface area (Å²) in [4.78, 5) is 39.4. The molecule has 1 aliphatic heterocycles. The first kappa shape index (κ1) is 24.9. The monoisotopic (exact) mass is 519 g/mol. The quantitative estimate of drug-likeness (QED) is 0.283. The normalized spacial score (nSPS) is 14.3. The van der Waals surface area contributed by atoms with Crippen LogP contribution in [0, 0.1) is 6.92 Å². The highest BCUT2D eigenvalue weighted by Crippen LogP contribution is 2.29. The predicted molar refractivity (Wildman–Crippen MR) is 148 cm³/mol. The second-order valence-corrected chi connectivity index (χ2v) is 9.81. The van der Waals surface area contributed by atoms with Gasteiger partial charge in [-0.15, -0.1) is 0 Å². The average Bonchev–Trinajstić information content (AvgIpc) is 3.29. The number of imidazole rings is 1. The number of fused-ring (bicyclic) bond motifs is 1. The number of aromatic nitrogens is 3. The second-order valence-electron chi connectivity index (χ2n) is 9.38. The summed E-state index contributed by atoms with van der Waals surface area (Å²) in [6.07, 6.45) is 2.40. The fraction of sp³-hybridized carbons (Fsp3) is 0.296. The standard InChI is InChI=1S/C27H30ClN7O2/c1-17-13-20(35-11-9-34(10-12-35)16-23(29)36)15-22-25(17)33-26(32-22)24-21(6-8-31-27(24)37)30-7-5-18-3-2-4-19(28)14-18/h2-4,6,8,13-15H,5,7,9-12,16H2,1H3,(H2,29,36)(H,32,33)(H2,30,31,37). The number of nitrogens with zero attached hydrogens (tertiary/aromatic N) is 3. The van der Waals surface area contributed by atoms with Crippen LogP contribution in [-0.4, -0.2) is 65.0 Å². The zero-order valence-corrected chi connectivity index (χ0v) is 21.4. The molecule has 0 saturated carbocycles. The van der Waals surface area contributed by atoms with Gasteiger partial charge < -0.3 is 25.9 Å². The number of piperazine rings is 1. The number of aromatic amines is 2. The number of rotatable bonds is 8. The van der Waals surface area contributed by atoms with E-state index in [1.165, 1.54) is 0 Å². The molecular formula is C27H30ClN7O2. The molecule has 0 unspecified atom stereocenters. The summed E-state index contributed by atoms with van der Waals surface area (Å²) in [7, 11) is 0. The summed E-state index contributed by atoms with van der Waals surface area (Å²) in [5.74, 6) is 0.221. The highest BCUT2D eigenvalue weighted by molar-refractivity contribution is 6.30. The van der Waals surface area contributed by atoms with Crippen molar-refractivity contribution < 1.29 is 4.79 Å². The largest absolute Gasteiger partial charge is 0.384 e. The minimum absolute atomic E-state index is 0.213. The molecule has 0 spiro atoms. The van der Waals surface area contributed by atoms with Crippen molar-refractivity contribution in [3.8, 4) is 11.4 Å². The van der Waals surface area contributed by atoms with Gasteiger partial charge in [0.1, 0.15) is 11.4 Å². The van der Waals surface area contributed by atoms with Crippen molar-refractivity contribution in [3.05, 3.63) is 75.2 Å². The maximum absolute atomic E-state index is 12.9. The zero-order chi connectivity index (χ0) is 25.9. The van der Waals surface area contributed by atoms with E-state index in [1.807, 2.05) is 37.3 Å². The van der Waals surface area contributed by atoms with Gasteiger partial charge in [0.2, 0.25) is 5.91 Å². The molecule has 5 N–H and O–H groups in total. The zero-order valence-electron chi connectivity index (χ0n) is 20.7. The van der Waals surface area contributed by atoms with Crippen molar-refractivity contribution in [1.82, 2.24) is 19.9 Å². The number of amides is 1. The SMILES string of the molecule is Cc1cc(N2CCN(CC(N)=O)CC2)cc2[nH]c(-c3c(NCCc4cccc(Cl)c4)cc[nH]c3=O)nc12. The molecule has 9 nitrogen and oxygen atoms in total. The molecule has 0 bridgehead atoms. The summed E-state index contributed by atoms with van der Waals surface area (Å²) in [6.45, 7) is 6.12. The molecule has 10 heteroatoms. The molecule has 2 aromatic carbocycles. The number of carbonyl (C=O) groups excluding carboxylic acids is 1. The van der Waals surface area contributed by atoms with Crippen molar-refractivity contribution in [1.29, 1.82) is 0 Å². The topological polar surface area (TPSA) is 123 Å². The van der Waals surface area contributed by atoms with Crippen molar-refractivity contribution >= 4 is 39.9 Å². The van der Waals surface area contributed by atoms with E-state index < -0.39 is 0 Å². The number of H-pyrrole nitrogens is 2. The van der Waals surface area contributed by atoms with E-state index in [0.717, 1.165) is 60.4 Å². The van der Waals surface area contributed by atoms with Crippen LogP contribution in [0.3, 0.4) is 0 Å². The average molecular weight is 520 g/mol. The van der Waals surface area contributed by atoms with Crippen molar-refractivity contribution in [2.24, 2.45) is 5.73 Å². The van der Waals surface area contributed by atoms with Crippen LogP contribution in [-0.2, 0) is 11.2 Å². The smallest absolute Gasteiger partial charge is 0.261 e. The molecule has 0 radical (unpaired) electrons. The Morgan fingerprint density at radius 1 is 1.16 bits per heavy atom. The molecule has 5 rings (SSSR count). The minimum Gasteiger partial charge on any atom is -0.384 e. The Labute approximate surface area is 219 Å². The van der Waals surface area contributed by atoms with Gasteiger partial charge in [0, 0.05) is 49.6 Å². The lowest BCUT2D eigenvalue weighted by molar-refractivity contribution is -0.119. The number of anilines is 2. The summed E-state index contributed by atoms with van der Waals surface area (Å²) < 4.78 is 0. The first-order valence-electron chi connectivity index (χ1n) is 12.3. The van der Waals surface area contributed by atoms with E-state index in [1.54, 1.807) is 6.20 Å². The van der Waals surface area contributed by atoms with E-state index in [2.05, 4.69) is 37.2 Å². The Morgan fingerprint density at radius 3 is 2.73 bits per heavy atom. The molecular weight excluding hydrogens is 490 g/mol. The number of hydrogen-bond acceptors (Lipinski definition) is 6. The third-order valence-electron chi connectivity index (χ3n) is 6.69. The molecule has 1 fully saturated rings. The van der Waals surface area contributed by atoms with Gasteiger partial charge in [0.05, 0.1) is 23.3 Å². The summed E-state index contributed by atoms with van der Waals surface area (Å²) in [6, 6.07) is 13.8. The molecule has 0 aliphatic carbocycles. The number of benzene rings is 2. The van der Waals surface area contributed by atoms with E-state index >= 15 is 0 Å². The van der Waals surface area contributed by atoms with Crippen molar-refractivity contribution in [3.63, 3.8) is 0 Å². The third kappa shape index (κ3) is 5.63. The predicted octanol–water partition coefficient (Wildman–Crippen LogP) is 3.14. The van der Waals surface area contributed by atoms with Gasteiger partial charge in [0.15, 0.2) is 0 Å². The number of pyridine rings is 1. The van der Waals surface area contributed by atoms with Crippen LogP contribution in [0.4, 0.5) is 11.4 Å². The van der Waals surface area contributed by atoms with Gasteiger partial charge in [-0.1, -0.05) is 23.7 Å². The fourth-order valence-electron chi connectivity index (χ4n) is 4.85. The van der Waals surface area contributed by atoms with Crippen molar-refractivity contribution in [2.45, 2.75) is 13.3 Å². The van der Waals surface area contributed by atoms with Crippen molar-refractivity contribution in [2.75, 3.05) is 49.5 Å². The Balaban J connectivity index is 1.37. The lowest BCUT2D eigenvalue weighted by atomic mass is 10.1. The van der Waals surface area contributed by atoms with Crippen LogP contribution in [0.1, 0.15) is 11.1 Å². The Morgan fingerprint density at radius 2 is 1.97 bits per heavy atom. The summed E-state index contributed by atoms with van der Waals surface area (Å²) in [5, 5.41) is 4.10. The molecule has 0 atom stereocenters. The number of primary amides is 1.